The third-order valence-electron chi connectivity index (χ3n) is 8.12. The summed E-state index contributed by atoms with van der Waals surface area (Å²) in [6, 6.07) is 10.6. The molecule has 0 saturated heterocycles. The first-order chi connectivity index (χ1) is 23.3. The monoisotopic (exact) mass is 669 g/mol. The highest BCUT2D eigenvalue weighted by Crippen LogP contribution is 2.38. The molecule has 9 N–H and O–H groups in total. The normalized spacial score (nSPS) is 18.1. The fourth-order valence-electron chi connectivity index (χ4n) is 5.51. The molecule has 0 aromatic heterocycles. The number of nitrogens with one attached hydrogen (secondary N) is 5. The van der Waals surface area contributed by atoms with Crippen LogP contribution in [0, 0.1) is 25.2 Å². The molecular weight excluding hydrogens is 630 g/mol. The predicted octanol–water partition coefficient (Wildman–Crippen LogP) is 0.872. The molecule has 49 heavy (non-hydrogen) atoms. The lowest BCUT2D eigenvalue weighted by Gasteiger charge is -2.26. The molecule has 0 spiro atoms. The lowest BCUT2D eigenvalue weighted by molar-refractivity contribution is -0.133. The maximum atomic E-state index is 13.8. The number of fused-ring (bicyclic) bond motifs is 5. The summed E-state index contributed by atoms with van der Waals surface area (Å²) in [5.74, 6) is -3.92. The fourth-order valence-corrected chi connectivity index (χ4v) is 5.51. The van der Waals surface area contributed by atoms with Gasteiger partial charge in [-0.25, -0.2) is 0 Å². The lowest BCUT2D eigenvalue weighted by Crippen LogP contribution is -2.55. The topological polar surface area (TPSA) is 236 Å². The van der Waals surface area contributed by atoms with E-state index in [1.165, 1.54) is 37.3 Å². The Morgan fingerprint density at radius 2 is 1.67 bits per heavy atom. The molecule has 14 nitrogen and oxygen atoms in total. The molecular formula is C35H39N7O7. The Balaban J connectivity index is 1.74. The van der Waals surface area contributed by atoms with Gasteiger partial charge >= 0.3 is 0 Å². The first-order valence-electron chi connectivity index (χ1n) is 15.6. The summed E-state index contributed by atoms with van der Waals surface area (Å²) >= 11 is 0. The summed E-state index contributed by atoms with van der Waals surface area (Å²) in [6.45, 7) is 4.77. The smallest absolute Gasteiger partial charge is 0.252 e. The van der Waals surface area contributed by atoms with Crippen LogP contribution in [-0.2, 0) is 25.6 Å². The van der Waals surface area contributed by atoms with Crippen LogP contribution in [0.15, 0.2) is 54.6 Å². The number of nitrogens with two attached hydrogens (primary N) is 1. The quantitative estimate of drug-likeness (QED) is 0.159. The van der Waals surface area contributed by atoms with Gasteiger partial charge in [0.1, 0.15) is 42.2 Å². The second kappa shape index (κ2) is 15.8. The Bertz CT molecular complexity index is 1820. The van der Waals surface area contributed by atoms with Gasteiger partial charge in [0.15, 0.2) is 0 Å². The van der Waals surface area contributed by atoms with Gasteiger partial charge in [0.2, 0.25) is 23.6 Å². The number of benzene rings is 3. The van der Waals surface area contributed by atoms with Gasteiger partial charge in [-0.05, 0) is 80.8 Å². The minimum atomic E-state index is -1.46. The van der Waals surface area contributed by atoms with E-state index in [0.717, 1.165) is 5.56 Å². The molecule has 4 rings (SSSR count). The van der Waals surface area contributed by atoms with Gasteiger partial charge in [-0.1, -0.05) is 29.8 Å². The number of aryl methyl sites for hydroxylation is 2. The van der Waals surface area contributed by atoms with E-state index in [1.54, 1.807) is 31.2 Å². The maximum absolute atomic E-state index is 13.8. The van der Waals surface area contributed by atoms with Gasteiger partial charge in [-0.3, -0.25) is 24.0 Å². The molecule has 1 aliphatic heterocycles. The zero-order valence-electron chi connectivity index (χ0n) is 27.3. The molecule has 0 unspecified atom stereocenters. The summed E-state index contributed by atoms with van der Waals surface area (Å²) in [5.41, 5.74) is 8.77. The largest absolute Gasteiger partial charge is 0.507 e. The molecule has 14 heteroatoms. The van der Waals surface area contributed by atoms with E-state index in [0.29, 0.717) is 16.7 Å². The minimum absolute atomic E-state index is 0.0292. The number of nitrogens with zero attached hydrogens (tertiary/aromatic N) is 1. The SMILES string of the molecule is Cc1ccc(C(=O)N[C@@H](CCN)C(=O)N[C@@H]2C(=O)N[C@@H](C)C(=O)N[C@H](C(=O)NCC#N)Cc3ccc(O)c(c3)-c3cc2ccc3O)c(C)c1. The Kier molecular flexibility index (Phi) is 11.6. The third kappa shape index (κ3) is 8.70. The number of nitriles is 1. The summed E-state index contributed by atoms with van der Waals surface area (Å²) in [6.07, 6.45) is -0.0151. The van der Waals surface area contributed by atoms with Crippen molar-refractivity contribution >= 4 is 29.5 Å². The number of amides is 5. The predicted molar refractivity (Wildman–Crippen MR) is 179 cm³/mol. The number of phenols is 2. The fraction of sp³-hybridized carbons (Fsp3) is 0.314. The molecule has 1 aliphatic rings. The van der Waals surface area contributed by atoms with Crippen LogP contribution in [0.4, 0.5) is 0 Å². The average molecular weight is 670 g/mol. The Morgan fingerprint density at radius 3 is 2.35 bits per heavy atom. The summed E-state index contributed by atoms with van der Waals surface area (Å²) in [5, 5.41) is 43.5. The van der Waals surface area contributed by atoms with Crippen molar-refractivity contribution in [1.82, 2.24) is 26.6 Å². The molecule has 3 aromatic carbocycles. The van der Waals surface area contributed by atoms with Crippen molar-refractivity contribution in [1.29, 1.82) is 5.26 Å². The summed E-state index contributed by atoms with van der Waals surface area (Å²) in [7, 11) is 0. The number of aromatic hydroxyl groups is 2. The van der Waals surface area contributed by atoms with Crippen molar-refractivity contribution in [3.05, 3.63) is 82.4 Å². The van der Waals surface area contributed by atoms with Crippen molar-refractivity contribution in [3.63, 3.8) is 0 Å². The molecule has 4 atom stereocenters. The van der Waals surface area contributed by atoms with Gasteiger partial charge in [0.05, 0.1) is 6.07 Å². The number of hydrogen-bond acceptors (Lipinski definition) is 9. The number of phenolic OH excluding ortho intramolecular Hbond substituents is 2. The molecule has 0 fully saturated rings. The highest BCUT2D eigenvalue weighted by Gasteiger charge is 2.32. The van der Waals surface area contributed by atoms with Crippen molar-refractivity contribution < 1.29 is 34.2 Å². The zero-order chi connectivity index (χ0) is 35.8. The van der Waals surface area contributed by atoms with E-state index in [4.69, 9.17) is 11.0 Å². The van der Waals surface area contributed by atoms with Gasteiger partial charge < -0.3 is 42.5 Å². The molecule has 5 amide bonds. The second-order valence-electron chi connectivity index (χ2n) is 11.9. The van der Waals surface area contributed by atoms with E-state index < -0.39 is 53.7 Å². The van der Waals surface area contributed by atoms with Gasteiger partial charge in [-0.15, -0.1) is 0 Å². The van der Waals surface area contributed by atoms with Crippen molar-refractivity contribution in [2.75, 3.05) is 13.1 Å². The highest BCUT2D eigenvalue weighted by molar-refractivity contribution is 6.00. The molecule has 3 aromatic rings. The number of carbonyl (C=O) groups is 5. The Labute approximate surface area is 283 Å². The van der Waals surface area contributed by atoms with Crippen LogP contribution in [0.3, 0.4) is 0 Å². The number of carbonyl (C=O) groups excluding carboxylic acids is 5. The third-order valence-corrected chi connectivity index (χ3v) is 8.12. The molecule has 1 heterocycles. The summed E-state index contributed by atoms with van der Waals surface area (Å²) < 4.78 is 0. The summed E-state index contributed by atoms with van der Waals surface area (Å²) in [4.78, 5) is 66.9. The van der Waals surface area contributed by atoms with Crippen LogP contribution in [0.25, 0.3) is 11.1 Å². The average Bonchev–Trinajstić information content (AvgIpc) is 3.06. The number of rotatable bonds is 8. The van der Waals surface area contributed by atoms with Crippen molar-refractivity contribution in [2.24, 2.45) is 5.73 Å². The van der Waals surface area contributed by atoms with Gasteiger partial charge in [0.25, 0.3) is 5.91 Å². The van der Waals surface area contributed by atoms with Crippen LogP contribution in [0.5, 0.6) is 11.5 Å². The van der Waals surface area contributed by atoms with Crippen LogP contribution >= 0.6 is 0 Å². The number of hydrogen-bond donors (Lipinski definition) is 8. The molecule has 0 aliphatic carbocycles. The van der Waals surface area contributed by atoms with E-state index in [-0.39, 0.29) is 54.1 Å². The van der Waals surface area contributed by atoms with E-state index in [9.17, 15) is 34.2 Å². The second-order valence-corrected chi connectivity index (χ2v) is 11.9. The van der Waals surface area contributed by atoms with E-state index >= 15 is 0 Å². The van der Waals surface area contributed by atoms with Gasteiger partial charge in [-0.2, -0.15) is 5.26 Å². The van der Waals surface area contributed by atoms with Crippen molar-refractivity contribution in [3.8, 4) is 28.7 Å². The molecule has 0 saturated carbocycles. The Morgan fingerprint density at radius 1 is 0.980 bits per heavy atom. The van der Waals surface area contributed by atoms with Crippen LogP contribution in [0.1, 0.15) is 52.0 Å². The highest BCUT2D eigenvalue weighted by atomic mass is 16.3. The van der Waals surface area contributed by atoms with E-state index in [2.05, 4.69) is 26.6 Å². The van der Waals surface area contributed by atoms with E-state index in [1.807, 2.05) is 13.0 Å². The standard InChI is InChI=1S/C35H39N7O7/c1-18-4-7-23(19(2)14-18)32(46)40-26(10-11-36)34(48)42-30-22-6-9-29(44)25(17-22)24-15-21(5-8-28(24)43)16-27(33(47)38-13-12-37)41-31(45)20(3)39-35(30)49/h4-9,14-15,17,20,26-27,30,43-44H,10-11,13,16,36H2,1-3H3,(H,38,47)(H,39,49)(H,40,46)(H,41,45)(H,42,48)/t20-,26-,27-,30-/m0/s1. The van der Waals surface area contributed by atoms with Crippen LogP contribution in [0.2, 0.25) is 0 Å². The molecule has 0 radical (unpaired) electrons. The van der Waals surface area contributed by atoms with Crippen molar-refractivity contribution in [2.45, 2.75) is 57.8 Å². The molecule has 4 bridgehead atoms. The maximum Gasteiger partial charge on any atom is 0.252 e. The van der Waals surface area contributed by atoms with Crippen LogP contribution in [-0.4, -0.2) is 71.0 Å². The zero-order valence-corrected chi connectivity index (χ0v) is 27.3. The van der Waals surface area contributed by atoms with Crippen LogP contribution < -0.4 is 32.3 Å². The first kappa shape index (κ1) is 35.9. The molecule has 256 valence electrons. The Hall–Kier alpha value is -5.94. The minimum Gasteiger partial charge on any atom is -0.507 e. The lowest BCUT2D eigenvalue weighted by atomic mass is 9.94. The van der Waals surface area contributed by atoms with Gasteiger partial charge in [0, 0.05) is 23.1 Å². The first-order valence-corrected chi connectivity index (χ1v) is 15.6.